The van der Waals surface area contributed by atoms with Crippen LogP contribution in [0.5, 0.6) is 0 Å². The zero-order chi connectivity index (χ0) is 14.7. The van der Waals surface area contributed by atoms with Gasteiger partial charge >= 0.3 is 0 Å². The Morgan fingerprint density at radius 3 is 2.09 bits per heavy atom. The van der Waals surface area contributed by atoms with Gasteiger partial charge in [-0.15, -0.1) is 12.4 Å². The third-order valence-electron chi connectivity index (χ3n) is 3.98. The first-order chi connectivity index (χ1) is 10.3. The second kappa shape index (κ2) is 7.41. The number of rotatable bonds is 4. The van der Waals surface area contributed by atoms with Gasteiger partial charge in [0.2, 0.25) is 0 Å². The smallest absolute Gasteiger partial charge is 0.0870 e. The third kappa shape index (κ3) is 3.30. The predicted molar refractivity (Wildman–Crippen MR) is 94.4 cm³/mol. The molecule has 0 aliphatic heterocycles. The number of aliphatic hydroxyl groups excluding tert-OH is 1. The highest BCUT2D eigenvalue weighted by molar-refractivity contribution is 5.85. The molecule has 0 unspecified atom stereocenters. The van der Waals surface area contributed by atoms with E-state index in [1.54, 1.807) is 0 Å². The van der Waals surface area contributed by atoms with E-state index in [2.05, 4.69) is 30.3 Å². The number of halogens is 1. The lowest BCUT2D eigenvalue weighted by Gasteiger charge is -2.22. The minimum atomic E-state index is -0.586. The lowest BCUT2D eigenvalue weighted by atomic mass is 9.88. The van der Waals surface area contributed by atoms with Crippen LogP contribution < -0.4 is 5.73 Å². The van der Waals surface area contributed by atoms with E-state index < -0.39 is 6.10 Å². The van der Waals surface area contributed by atoms with E-state index in [0.29, 0.717) is 6.54 Å². The van der Waals surface area contributed by atoms with E-state index in [9.17, 15) is 5.11 Å². The van der Waals surface area contributed by atoms with Crippen molar-refractivity contribution in [2.45, 2.75) is 12.0 Å². The van der Waals surface area contributed by atoms with Crippen molar-refractivity contribution in [2.75, 3.05) is 6.54 Å². The van der Waals surface area contributed by atoms with E-state index in [-0.39, 0.29) is 18.3 Å². The number of nitrogens with two attached hydrogens (primary N) is 1. The van der Waals surface area contributed by atoms with Crippen LogP contribution in [0.25, 0.3) is 10.8 Å². The van der Waals surface area contributed by atoms with Crippen LogP contribution in [0.1, 0.15) is 23.1 Å². The SMILES string of the molecule is Cl.NC[C@@H](c1ccc2ccccc2c1)[C@@H](O)c1ccccc1. The molecule has 0 saturated carbocycles. The molecule has 0 aromatic heterocycles. The largest absolute Gasteiger partial charge is 0.388 e. The van der Waals surface area contributed by atoms with Gasteiger partial charge in [-0.1, -0.05) is 72.8 Å². The Morgan fingerprint density at radius 2 is 1.41 bits per heavy atom. The summed E-state index contributed by atoms with van der Waals surface area (Å²) in [4.78, 5) is 0. The molecule has 2 nitrogen and oxygen atoms in total. The molecule has 3 N–H and O–H groups in total. The summed E-state index contributed by atoms with van der Waals surface area (Å²) in [5, 5.41) is 13.0. The van der Waals surface area contributed by atoms with Gasteiger partial charge in [-0.2, -0.15) is 0 Å². The number of aliphatic hydroxyl groups is 1. The van der Waals surface area contributed by atoms with E-state index in [1.165, 1.54) is 10.8 Å². The first-order valence-electron chi connectivity index (χ1n) is 7.21. The molecule has 3 heteroatoms. The fourth-order valence-corrected chi connectivity index (χ4v) is 2.77. The number of hydrogen-bond acceptors (Lipinski definition) is 2. The highest BCUT2D eigenvalue weighted by Gasteiger charge is 2.21. The van der Waals surface area contributed by atoms with Crippen LogP contribution >= 0.6 is 12.4 Å². The zero-order valence-corrected chi connectivity index (χ0v) is 13.0. The Morgan fingerprint density at radius 1 is 0.773 bits per heavy atom. The van der Waals surface area contributed by atoms with Crippen LogP contribution in [0.15, 0.2) is 72.8 Å². The summed E-state index contributed by atoms with van der Waals surface area (Å²) in [5.74, 6) is -0.1000. The topological polar surface area (TPSA) is 46.2 Å². The van der Waals surface area contributed by atoms with Crippen LogP contribution in [0.2, 0.25) is 0 Å². The molecule has 0 fully saturated rings. The number of hydrogen-bond donors (Lipinski definition) is 2. The Balaban J connectivity index is 0.00000176. The van der Waals surface area contributed by atoms with Gasteiger partial charge in [0.1, 0.15) is 0 Å². The second-order valence-corrected chi connectivity index (χ2v) is 5.30. The van der Waals surface area contributed by atoms with Crippen LogP contribution in [-0.4, -0.2) is 11.7 Å². The molecule has 0 heterocycles. The Hall–Kier alpha value is -1.87. The summed E-state index contributed by atoms with van der Waals surface area (Å²) in [7, 11) is 0. The fourth-order valence-electron chi connectivity index (χ4n) is 2.77. The quantitative estimate of drug-likeness (QED) is 0.763. The molecule has 0 aliphatic rings. The molecule has 0 aliphatic carbocycles. The molecular weight excluding hydrogens is 294 g/mol. The average Bonchev–Trinajstić information content (AvgIpc) is 2.56. The second-order valence-electron chi connectivity index (χ2n) is 5.30. The Kier molecular flexibility index (Phi) is 5.56. The maximum atomic E-state index is 10.6. The number of benzene rings is 3. The molecule has 0 spiro atoms. The highest BCUT2D eigenvalue weighted by Crippen LogP contribution is 2.31. The first-order valence-corrected chi connectivity index (χ1v) is 7.21. The molecule has 0 amide bonds. The minimum absolute atomic E-state index is 0. The van der Waals surface area contributed by atoms with Crippen molar-refractivity contribution in [1.82, 2.24) is 0 Å². The molecule has 0 bridgehead atoms. The molecule has 114 valence electrons. The van der Waals surface area contributed by atoms with Crippen molar-refractivity contribution >= 4 is 23.2 Å². The van der Waals surface area contributed by atoms with E-state index in [4.69, 9.17) is 5.73 Å². The average molecular weight is 314 g/mol. The monoisotopic (exact) mass is 313 g/mol. The normalized spacial score (nSPS) is 13.4. The van der Waals surface area contributed by atoms with Crippen LogP contribution in [0.3, 0.4) is 0 Å². The van der Waals surface area contributed by atoms with Gasteiger partial charge < -0.3 is 10.8 Å². The summed E-state index contributed by atoms with van der Waals surface area (Å²) in [6.45, 7) is 0.411. The summed E-state index contributed by atoms with van der Waals surface area (Å²) < 4.78 is 0. The maximum absolute atomic E-state index is 10.6. The van der Waals surface area contributed by atoms with Gasteiger partial charge in [-0.3, -0.25) is 0 Å². The van der Waals surface area contributed by atoms with Gasteiger partial charge in [-0.25, -0.2) is 0 Å². The van der Waals surface area contributed by atoms with Gasteiger partial charge in [0.05, 0.1) is 6.10 Å². The molecular formula is C19H20ClNO. The first kappa shape index (κ1) is 16.5. The van der Waals surface area contributed by atoms with Crippen molar-refractivity contribution in [3.8, 4) is 0 Å². The van der Waals surface area contributed by atoms with Crippen molar-refractivity contribution in [2.24, 2.45) is 5.73 Å². The van der Waals surface area contributed by atoms with E-state index >= 15 is 0 Å². The Bertz CT molecular complexity index is 730. The molecule has 3 aromatic rings. The zero-order valence-electron chi connectivity index (χ0n) is 12.2. The molecule has 0 saturated heterocycles. The lowest BCUT2D eigenvalue weighted by Crippen LogP contribution is -2.20. The molecule has 3 rings (SSSR count). The van der Waals surface area contributed by atoms with Gasteiger partial charge in [0.15, 0.2) is 0 Å². The minimum Gasteiger partial charge on any atom is -0.388 e. The molecule has 22 heavy (non-hydrogen) atoms. The van der Waals surface area contributed by atoms with Crippen LogP contribution in [0, 0.1) is 0 Å². The van der Waals surface area contributed by atoms with Crippen molar-refractivity contribution in [3.63, 3.8) is 0 Å². The van der Waals surface area contributed by atoms with E-state index in [0.717, 1.165) is 11.1 Å². The lowest BCUT2D eigenvalue weighted by molar-refractivity contribution is 0.147. The van der Waals surface area contributed by atoms with Crippen molar-refractivity contribution < 1.29 is 5.11 Å². The maximum Gasteiger partial charge on any atom is 0.0870 e. The van der Waals surface area contributed by atoms with Crippen molar-refractivity contribution in [1.29, 1.82) is 0 Å². The molecule has 3 aromatic carbocycles. The van der Waals surface area contributed by atoms with Crippen molar-refractivity contribution in [3.05, 3.63) is 83.9 Å². The van der Waals surface area contributed by atoms with Gasteiger partial charge in [-0.05, 0) is 21.9 Å². The number of fused-ring (bicyclic) bond motifs is 1. The summed E-state index contributed by atoms with van der Waals surface area (Å²) >= 11 is 0. The Labute approximate surface area is 137 Å². The molecule has 0 radical (unpaired) electrons. The van der Waals surface area contributed by atoms with Gasteiger partial charge in [0.25, 0.3) is 0 Å². The van der Waals surface area contributed by atoms with Gasteiger partial charge in [0, 0.05) is 12.5 Å². The molecule has 2 atom stereocenters. The van der Waals surface area contributed by atoms with Crippen LogP contribution in [0.4, 0.5) is 0 Å². The summed E-state index contributed by atoms with van der Waals surface area (Å²) in [6.07, 6.45) is -0.586. The van der Waals surface area contributed by atoms with E-state index in [1.807, 2.05) is 42.5 Å². The van der Waals surface area contributed by atoms with Crippen LogP contribution in [-0.2, 0) is 0 Å². The summed E-state index contributed by atoms with van der Waals surface area (Å²) in [6, 6.07) is 24.2. The third-order valence-corrected chi connectivity index (χ3v) is 3.98. The predicted octanol–water partition coefficient (Wildman–Crippen LogP) is 4.04. The standard InChI is InChI=1S/C19H19NO.ClH/c20-13-18(19(21)15-7-2-1-3-8-15)17-11-10-14-6-4-5-9-16(14)12-17;/h1-12,18-19,21H,13,20H2;1H/t18-,19-;/m0./s1. The summed E-state index contributed by atoms with van der Waals surface area (Å²) in [5.41, 5.74) is 7.91. The highest BCUT2D eigenvalue weighted by atomic mass is 35.5. The fraction of sp³-hybridized carbons (Fsp3) is 0.158.